The zero-order valence-corrected chi connectivity index (χ0v) is 11.8. The van der Waals surface area contributed by atoms with E-state index in [1.165, 1.54) is 5.56 Å². The number of nitrogens with one attached hydrogen (secondary N) is 1. The minimum absolute atomic E-state index is 0.359. The van der Waals surface area contributed by atoms with E-state index in [1.54, 1.807) is 11.3 Å². The number of rotatable bonds is 5. The molecular formula is C12H17N3S2. The molecular weight excluding hydrogens is 250 g/mol. The molecule has 3 nitrogen and oxygen atoms in total. The van der Waals surface area contributed by atoms with Gasteiger partial charge in [-0.15, -0.1) is 0 Å². The highest BCUT2D eigenvalue weighted by atomic mass is 32.1. The maximum absolute atomic E-state index is 5.31. The van der Waals surface area contributed by atoms with Gasteiger partial charge in [0.25, 0.3) is 0 Å². The molecule has 0 saturated heterocycles. The molecule has 0 radical (unpaired) electrons. The van der Waals surface area contributed by atoms with Gasteiger partial charge in [0.05, 0.1) is 0 Å². The minimum Gasteiger partial charge on any atom is -0.301 e. The summed E-state index contributed by atoms with van der Waals surface area (Å²) in [6.45, 7) is 4.35. The Bertz CT molecular complexity index is 510. The van der Waals surface area contributed by atoms with E-state index in [0.29, 0.717) is 6.04 Å². The maximum atomic E-state index is 5.31. The second-order valence-electron chi connectivity index (χ2n) is 4.25. The molecule has 0 aliphatic rings. The van der Waals surface area contributed by atoms with Gasteiger partial charge in [0, 0.05) is 12.5 Å². The Hall–Kier alpha value is -0.940. The molecule has 2 rings (SSSR count). The molecule has 0 aliphatic heterocycles. The summed E-state index contributed by atoms with van der Waals surface area (Å²) in [7, 11) is 0. The van der Waals surface area contributed by atoms with E-state index < -0.39 is 0 Å². The monoisotopic (exact) mass is 267 g/mol. The van der Waals surface area contributed by atoms with E-state index in [2.05, 4.69) is 45.4 Å². The van der Waals surface area contributed by atoms with Crippen LogP contribution >= 0.6 is 23.6 Å². The zero-order chi connectivity index (χ0) is 12.3. The lowest BCUT2D eigenvalue weighted by Crippen LogP contribution is -2.12. The number of aromatic nitrogens is 3. The number of H-pyrrole nitrogens is 1. The Morgan fingerprint density at radius 2 is 2.41 bits per heavy atom. The lowest BCUT2D eigenvalue weighted by molar-refractivity contribution is 0.513. The molecule has 0 saturated carbocycles. The van der Waals surface area contributed by atoms with Gasteiger partial charge in [-0.3, -0.25) is 5.10 Å². The SMILES string of the molecule is CCCc1n[nH]c(=S)n1C(C)Cc1ccsc1. The fraction of sp³-hybridized carbons (Fsp3) is 0.500. The molecule has 5 heteroatoms. The van der Waals surface area contributed by atoms with Gasteiger partial charge in [0.1, 0.15) is 5.82 Å². The summed E-state index contributed by atoms with van der Waals surface area (Å²) >= 11 is 7.05. The number of thiophene rings is 1. The molecule has 0 bridgehead atoms. The van der Waals surface area contributed by atoms with Gasteiger partial charge in [0.2, 0.25) is 0 Å². The maximum Gasteiger partial charge on any atom is 0.195 e. The molecule has 17 heavy (non-hydrogen) atoms. The first kappa shape index (κ1) is 12.5. The standard InChI is InChI=1S/C12H17N3S2/c1-3-4-11-13-14-12(16)15(11)9(2)7-10-5-6-17-8-10/h5-6,8-9H,3-4,7H2,1-2H3,(H,14,16). The van der Waals surface area contributed by atoms with Gasteiger partial charge in [-0.25, -0.2) is 0 Å². The van der Waals surface area contributed by atoms with Crippen LogP contribution < -0.4 is 0 Å². The molecule has 92 valence electrons. The summed E-state index contributed by atoms with van der Waals surface area (Å²) in [4.78, 5) is 0. The summed E-state index contributed by atoms with van der Waals surface area (Å²) < 4.78 is 2.88. The molecule has 0 aromatic carbocycles. The number of nitrogens with zero attached hydrogens (tertiary/aromatic N) is 2. The minimum atomic E-state index is 0.359. The van der Waals surface area contributed by atoms with Gasteiger partial charge in [-0.05, 0) is 54.4 Å². The van der Waals surface area contributed by atoms with E-state index in [9.17, 15) is 0 Å². The van der Waals surface area contributed by atoms with Gasteiger partial charge in [-0.2, -0.15) is 16.4 Å². The van der Waals surface area contributed by atoms with Crippen LogP contribution in [0.5, 0.6) is 0 Å². The first-order valence-electron chi connectivity index (χ1n) is 5.89. The van der Waals surface area contributed by atoms with Crippen LogP contribution in [0.15, 0.2) is 16.8 Å². The fourth-order valence-corrected chi connectivity index (χ4v) is 3.05. The molecule has 0 amide bonds. The highest BCUT2D eigenvalue weighted by Crippen LogP contribution is 2.18. The van der Waals surface area contributed by atoms with Gasteiger partial charge in [0.15, 0.2) is 4.77 Å². The molecule has 2 aromatic rings. The van der Waals surface area contributed by atoms with Crippen molar-refractivity contribution in [2.24, 2.45) is 0 Å². The number of hydrogen-bond donors (Lipinski definition) is 1. The molecule has 0 aliphatic carbocycles. The van der Waals surface area contributed by atoms with E-state index in [1.807, 2.05) is 0 Å². The highest BCUT2D eigenvalue weighted by molar-refractivity contribution is 7.71. The quantitative estimate of drug-likeness (QED) is 0.837. The molecule has 0 spiro atoms. The van der Waals surface area contributed by atoms with E-state index in [4.69, 9.17) is 12.2 Å². The predicted molar refractivity (Wildman–Crippen MR) is 74.1 cm³/mol. The van der Waals surface area contributed by atoms with Crippen molar-refractivity contribution < 1.29 is 0 Å². The summed E-state index contributed by atoms with van der Waals surface area (Å²) in [6.07, 6.45) is 3.07. The number of hydrogen-bond acceptors (Lipinski definition) is 3. The average Bonchev–Trinajstić information content (AvgIpc) is 2.89. The Balaban J connectivity index is 2.20. The van der Waals surface area contributed by atoms with Gasteiger partial charge < -0.3 is 4.57 Å². The van der Waals surface area contributed by atoms with Gasteiger partial charge >= 0.3 is 0 Å². The molecule has 1 unspecified atom stereocenters. The Morgan fingerprint density at radius 3 is 3.06 bits per heavy atom. The van der Waals surface area contributed by atoms with Crippen LogP contribution in [0.1, 0.15) is 37.7 Å². The second-order valence-corrected chi connectivity index (χ2v) is 5.42. The highest BCUT2D eigenvalue weighted by Gasteiger charge is 2.12. The summed E-state index contributed by atoms with van der Waals surface area (Å²) in [5.41, 5.74) is 1.37. The normalized spacial score (nSPS) is 12.8. The summed E-state index contributed by atoms with van der Waals surface area (Å²) in [5, 5.41) is 11.5. The van der Waals surface area contributed by atoms with Crippen molar-refractivity contribution >= 4 is 23.6 Å². The first-order valence-corrected chi connectivity index (χ1v) is 7.24. The van der Waals surface area contributed by atoms with Crippen LogP contribution in [0.4, 0.5) is 0 Å². The smallest absolute Gasteiger partial charge is 0.195 e. The molecule has 0 fully saturated rings. The van der Waals surface area contributed by atoms with Crippen molar-refractivity contribution in [2.45, 2.75) is 39.2 Å². The van der Waals surface area contributed by atoms with E-state index in [0.717, 1.165) is 29.9 Å². The van der Waals surface area contributed by atoms with Gasteiger partial charge in [-0.1, -0.05) is 6.92 Å². The predicted octanol–water partition coefficient (Wildman–Crippen LogP) is 3.76. The number of aryl methyl sites for hydroxylation is 1. The van der Waals surface area contributed by atoms with Crippen LogP contribution in [-0.2, 0) is 12.8 Å². The third-order valence-electron chi connectivity index (χ3n) is 2.80. The zero-order valence-electron chi connectivity index (χ0n) is 10.1. The van der Waals surface area contributed by atoms with Crippen LogP contribution in [0, 0.1) is 4.77 Å². The molecule has 1 N–H and O–H groups in total. The second kappa shape index (κ2) is 5.60. The third kappa shape index (κ3) is 2.84. The van der Waals surface area contributed by atoms with Crippen LogP contribution in [0.25, 0.3) is 0 Å². The van der Waals surface area contributed by atoms with Crippen molar-refractivity contribution in [1.82, 2.24) is 14.8 Å². The molecule has 2 heterocycles. The summed E-state index contributed by atoms with van der Waals surface area (Å²) in [5.74, 6) is 1.07. The van der Waals surface area contributed by atoms with Crippen LogP contribution in [-0.4, -0.2) is 14.8 Å². The third-order valence-corrected chi connectivity index (χ3v) is 3.82. The molecule has 2 aromatic heterocycles. The summed E-state index contributed by atoms with van der Waals surface area (Å²) in [6, 6.07) is 2.53. The van der Waals surface area contributed by atoms with E-state index >= 15 is 0 Å². The molecule has 1 atom stereocenters. The Kier molecular flexibility index (Phi) is 4.12. The van der Waals surface area contributed by atoms with Crippen molar-refractivity contribution in [3.05, 3.63) is 33.0 Å². The topological polar surface area (TPSA) is 33.6 Å². The van der Waals surface area contributed by atoms with Crippen molar-refractivity contribution in [3.63, 3.8) is 0 Å². The number of aromatic amines is 1. The van der Waals surface area contributed by atoms with Crippen molar-refractivity contribution in [1.29, 1.82) is 0 Å². The Labute approximate surface area is 111 Å². The Morgan fingerprint density at radius 1 is 1.59 bits per heavy atom. The van der Waals surface area contributed by atoms with Crippen molar-refractivity contribution in [3.8, 4) is 0 Å². The van der Waals surface area contributed by atoms with Crippen LogP contribution in [0.3, 0.4) is 0 Å². The lowest BCUT2D eigenvalue weighted by atomic mass is 10.1. The first-order chi connectivity index (χ1) is 8.22. The van der Waals surface area contributed by atoms with Crippen LogP contribution in [0.2, 0.25) is 0 Å². The van der Waals surface area contributed by atoms with Crippen molar-refractivity contribution in [2.75, 3.05) is 0 Å². The fourth-order valence-electron chi connectivity index (χ4n) is 2.03. The van der Waals surface area contributed by atoms with E-state index in [-0.39, 0.29) is 0 Å². The lowest BCUT2D eigenvalue weighted by Gasteiger charge is -2.14. The average molecular weight is 267 g/mol. The largest absolute Gasteiger partial charge is 0.301 e.